The van der Waals surface area contributed by atoms with Gasteiger partial charge in [0.05, 0.1) is 19.0 Å². The number of nitrogens with zero attached hydrogens (tertiary/aromatic N) is 1. The number of carbonyl (C=O) groups excluding carboxylic acids is 8. The number of likely N-dealkylation sites (N-methyl/N-ethyl adjacent to an activating group) is 1. The number of aromatic nitrogens is 1. The molecule has 318 valence electrons. The lowest BCUT2D eigenvalue weighted by molar-refractivity contribution is -0.159. The normalized spacial score (nSPS) is 13.6. The fourth-order valence-corrected chi connectivity index (χ4v) is 5.57. The smallest absolute Gasteiger partial charge is 0.329 e. The Morgan fingerprint density at radius 1 is 0.672 bits per heavy atom. The molecule has 0 fully saturated rings. The number of nitrogens with one attached hydrogen (secondary N) is 7. The van der Waals surface area contributed by atoms with Gasteiger partial charge in [-0.15, -0.1) is 0 Å². The van der Waals surface area contributed by atoms with Crippen molar-refractivity contribution in [3.63, 3.8) is 0 Å². The number of rotatable bonds is 23. The van der Waals surface area contributed by atoms with E-state index < -0.39 is 88.9 Å². The molecule has 0 saturated heterocycles. The zero-order valence-electron chi connectivity index (χ0n) is 34.5. The first-order chi connectivity index (χ1) is 27.0. The summed E-state index contributed by atoms with van der Waals surface area (Å²) >= 11 is 0. The number of benzene rings is 1. The molecule has 18 nitrogen and oxygen atoms in total. The molecule has 7 N–H and O–H groups in total. The minimum Gasteiger partial charge on any atom is -0.458 e. The standard InChI is InChI=1S/C40H58N8O10/c1-39(2,3)57-37(55)30(16-14-26(50)21-42)46-35(53)29(15-13-25(49)20-41)44-33(51)18-17-31(38(56)58-40(4,5)6)47-36(54)32(45-34(52)23-48(7)8)19-24-22-43-28-12-10-9-11-27(24)28/h9-12,20-22,29-32,41-43H,13-19,23H2,1-8H3,(H,44,51)(H,45,52)(H,46,53)(H,47,54)/t29-,30-,31-,32-/m0/s1. The number of aromatic amines is 1. The third-order valence-corrected chi connectivity index (χ3v) is 8.22. The number of para-hydroxylation sites is 1. The monoisotopic (exact) mass is 810 g/mol. The second-order valence-corrected chi connectivity index (χ2v) is 16.1. The number of ether oxygens (including phenoxy) is 2. The molecule has 0 aliphatic carbocycles. The first-order valence-electron chi connectivity index (χ1n) is 18.9. The molecule has 0 bridgehead atoms. The van der Waals surface area contributed by atoms with Crippen molar-refractivity contribution < 1.29 is 47.8 Å². The molecule has 0 aliphatic heterocycles. The van der Waals surface area contributed by atoms with E-state index in [1.807, 2.05) is 24.3 Å². The summed E-state index contributed by atoms with van der Waals surface area (Å²) in [5.41, 5.74) is -0.384. The molecular formula is C40H58N8O10. The fraction of sp³-hybridized carbons (Fsp3) is 0.550. The lowest BCUT2D eigenvalue weighted by atomic mass is 10.0. The third kappa shape index (κ3) is 17.6. The number of fused-ring (bicyclic) bond motifs is 1. The van der Waals surface area contributed by atoms with Gasteiger partial charge in [-0.25, -0.2) is 9.59 Å². The Hall–Kier alpha value is -5.78. The Balaban J connectivity index is 2.34. The molecule has 4 amide bonds. The van der Waals surface area contributed by atoms with E-state index in [2.05, 4.69) is 26.3 Å². The quantitative estimate of drug-likeness (QED) is 0.0627. The average molecular weight is 811 g/mol. The fourth-order valence-electron chi connectivity index (χ4n) is 5.57. The number of Topliss-reactive ketones (excluding diaryl/α,β-unsaturated/α-hetero) is 2. The van der Waals surface area contributed by atoms with Crippen LogP contribution in [0.25, 0.3) is 10.9 Å². The van der Waals surface area contributed by atoms with Gasteiger partial charge in [-0.2, -0.15) is 0 Å². The van der Waals surface area contributed by atoms with Gasteiger partial charge in [-0.05, 0) is 86.5 Å². The first-order valence-corrected chi connectivity index (χ1v) is 18.9. The molecule has 1 aromatic heterocycles. The Bertz CT molecular complexity index is 1820. The minimum atomic E-state index is -1.41. The van der Waals surface area contributed by atoms with Crippen LogP contribution in [0.2, 0.25) is 0 Å². The molecule has 18 heteroatoms. The van der Waals surface area contributed by atoms with Crippen LogP contribution in [-0.2, 0) is 54.3 Å². The van der Waals surface area contributed by atoms with Crippen molar-refractivity contribution in [3.05, 3.63) is 36.0 Å². The molecule has 0 unspecified atom stereocenters. The second kappa shape index (κ2) is 22.2. The Kier molecular flexibility index (Phi) is 18.5. The number of hydrogen-bond donors (Lipinski definition) is 7. The molecule has 2 rings (SSSR count). The highest BCUT2D eigenvalue weighted by molar-refractivity contribution is 6.26. The maximum Gasteiger partial charge on any atom is 0.329 e. The second-order valence-electron chi connectivity index (χ2n) is 16.1. The van der Waals surface area contributed by atoms with Crippen LogP contribution in [-0.4, -0.2) is 125 Å². The average Bonchev–Trinajstić information content (AvgIpc) is 3.53. The van der Waals surface area contributed by atoms with Gasteiger partial charge in [0, 0.05) is 42.8 Å². The van der Waals surface area contributed by atoms with Crippen LogP contribution in [0.1, 0.15) is 85.6 Å². The van der Waals surface area contributed by atoms with E-state index in [4.69, 9.17) is 20.3 Å². The zero-order chi connectivity index (χ0) is 43.8. The highest BCUT2D eigenvalue weighted by atomic mass is 16.6. The van der Waals surface area contributed by atoms with Gasteiger partial charge in [0.25, 0.3) is 0 Å². The number of esters is 2. The Morgan fingerprint density at radius 3 is 1.64 bits per heavy atom. The molecule has 0 radical (unpaired) electrons. The highest BCUT2D eigenvalue weighted by Gasteiger charge is 2.33. The van der Waals surface area contributed by atoms with Gasteiger partial charge >= 0.3 is 11.9 Å². The van der Waals surface area contributed by atoms with E-state index in [1.54, 1.807) is 66.7 Å². The minimum absolute atomic E-state index is 0.0199. The summed E-state index contributed by atoms with van der Waals surface area (Å²) in [6.07, 6.45) is 1.10. The summed E-state index contributed by atoms with van der Waals surface area (Å²) in [6, 6.07) is 2.13. The lowest BCUT2D eigenvalue weighted by Crippen LogP contribution is -2.55. The van der Waals surface area contributed by atoms with Crippen molar-refractivity contribution in [2.24, 2.45) is 0 Å². The van der Waals surface area contributed by atoms with Crippen molar-refractivity contribution in [2.75, 3.05) is 20.6 Å². The zero-order valence-corrected chi connectivity index (χ0v) is 34.5. The van der Waals surface area contributed by atoms with E-state index in [-0.39, 0.29) is 45.1 Å². The Morgan fingerprint density at radius 2 is 1.14 bits per heavy atom. The van der Waals surface area contributed by atoms with Crippen molar-refractivity contribution in [1.29, 1.82) is 10.8 Å². The van der Waals surface area contributed by atoms with Crippen LogP contribution in [0, 0.1) is 10.8 Å². The summed E-state index contributed by atoms with van der Waals surface area (Å²) in [5.74, 6) is -5.79. The number of carbonyl (C=O) groups is 8. The van der Waals surface area contributed by atoms with Gasteiger partial charge < -0.3 is 51.4 Å². The molecule has 58 heavy (non-hydrogen) atoms. The highest BCUT2D eigenvalue weighted by Crippen LogP contribution is 2.20. The van der Waals surface area contributed by atoms with Crippen molar-refractivity contribution in [3.8, 4) is 0 Å². The van der Waals surface area contributed by atoms with Crippen molar-refractivity contribution in [1.82, 2.24) is 31.2 Å². The summed E-state index contributed by atoms with van der Waals surface area (Å²) in [4.78, 5) is 109. The summed E-state index contributed by atoms with van der Waals surface area (Å²) in [6.45, 7) is 9.68. The third-order valence-electron chi connectivity index (χ3n) is 8.22. The van der Waals surface area contributed by atoms with E-state index in [0.717, 1.165) is 16.5 Å². The molecule has 2 aromatic rings. The van der Waals surface area contributed by atoms with Crippen molar-refractivity contribution >= 4 is 70.5 Å². The van der Waals surface area contributed by atoms with Crippen LogP contribution in [0.3, 0.4) is 0 Å². The summed E-state index contributed by atoms with van der Waals surface area (Å²) in [7, 11) is 3.39. The molecular weight excluding hydrogens is 752 g/mol. The van der Waals surface area contributed by atoms with Gasteiger partial charge in [-0.3, -0.25) is 28.8 Å². The van der Waals surface area contributed by atoms with E-state index >= 15 is 0 Å². The number of ketones is 2. The largest absolute Gasteiger partial charge is 0.458 e. The first kappa shape index (κ1) is 48.4. The van der Waals surface area contributed by atoms with Crippen LogP contribution in [0.5, 0.6) is 0 Å². The predicted molar refractivity (Wildman–Crippen MR) is 215 cm³/mol. The van der Waals surface area contributed by atoms with E-state index in [9.17, 15) is 38.4 Å². The van der Waals surface area contributed by atoms with E-state index in [1.165, 1.54) is 0 Å². The predicted octanol–water partition coefficient (Wildman–Crippen LogP) is 1.67. The lowest BCUT2D eigenvalue weighted by Gasteiger charge is -2.27. The molecule has 0 saturated carbocycles. The van der Waals surface area contributed by atoms with Gasteiger partial charge in [-0.1, -0.05) is 18.2 Å². The summed E-state index contributed by atoms with van der Waals surface area (Å²) < 4.78 is 11.0. The molecule has 0 spiro atoms. The maximum atomic E-state index is 13.9. The van der Waals surface area contributed by atoms with Gasteiger partial charge in [0.2, 0.25) is 23.6 Å². The summed E-state index contributed by atoms with van der Waals surface area (Å²) in [5, 5.41) is 25.6. The van der Waals surface area contributed by atoms with Gasteiger partial charge in [0.1, 0.15) is 35.4 Å². The maximum absolute atomic E-state index is 13.9. The van der Waals surface area contributed by atoms with Crippen LogP contribution < -0.4 is 21.3 Å². The van der Waals surface area contributed by atoms with Crippen LogP contribution >= 0.6 is 0 Å². The van der Waals surface area contributed by atoms with Gasteiger partial charge in [0.15, 0.2) is 11.6 Å². The number of amides is 4. The molecule has 0 aliphatic rings. The molecule has 1 heterocycles. The van der Waals surface area contributed by atoms with Crippen molar-refractivity contribution in [2.45, 2.75) is 122 Å². The van der Waals surface area contributed by atoms with Crippen LogP contribution in [0.4, 0.5) is 0 Å². The van der Waals surface area contributed by atoms with E-state index in [0.29, 0.717) is 12.4 Å². The number of H-pyrrole nitrogens is 1. The Labute approximate surface area is 338 Å². The SMILES string of the molecule is CN(C)CC(=O)N[C@@H](Cc1c[nH]c2ccccc12)C(=O)N[C@@H](CCC(=O)N[C@@H](CCC(=O)C=N)C(=O)N[C@@H](CCC(=O)C=N)C(=O)OC(C)(C)C)C(=O)OC(C)(C)C. The molecule has 1 aromatic carbocycles. The molecule has 4 atom stereocenters. The topological polar surface area (TPSA) is 270 Å². The number of hydrogen-bond acceptors (Lipinski definition) is 13. The van der Waals surface area contributed by atoms with Crippen LogP contribution in [0.15, 0.2) is 30.5 Å².